The van der Waals surface area contributed by atoms with Crippen LogP contribution in [0.5, 0.6) is 0 Å². The van der Waals surface area contributed by atoms with Crippen LogP contribution >= 0.6 is 11.6 Å². The van der Waals surface area contributed by atoms with E-state index in [1.807, 2.05) is 6.92 Å². The lowest BCUT2D eigenvalue weighted by atomic mass is 9.93. The number of hydrogen-bond donors (Lipinski definition) is 1. The quantitative estimate of drug-likeness (QED) is 0.538. The summed E-state index contributed by atoms with van der Waals surface area (Å²) in [6, 6.07) is 13.3. The predicted octanol–water partition coefficient (Wildman–Crippen LogP) is 4.49. The number of benzene rings is 2. The molecule has 154 valence electrons. The SMILES string of the molecule is Cc1ccc(S(=O)(=O)N[C@@H]2CCCC[C@H]2OC(=O)/C=C/c2ccc(Cl)cc2)cc1. The Morgan fingerprint density at radius 3 is 2.41 bits per heavy atom. The van der Waals surface area contributed by atoms with Crippen molar-refractivity contribution in [2.75, 3.05) is 0 Å². The van der Waals surface area contributed by atoms with Crippen molar-refractivity contribution in [2.24, 2.45) is 0 Å². The fraction of sp³-hybridized carbons (Fsp3) is 0.318. The zero-order valence-electron chi connectivity index (χ0n) is 16.2. The summed E-state index contributed by atoms with van der Waals surface area (Å²) in [6.45, 7) is 1.90. The van der Waals surface area contributed by atoms with Crippen molar-refractivity contribution in [3.63, 3.8) is 0 Å². The average Bonchev–Trinajstić information content (AvgIpc) is 2.69. The second-order valence-corrected chi connectivity index (χ2v) is 9.34. The van der Waals surface area contributed by atoms with Gasteiger partial charge in [0.15, 0.2) is 0 Å². The molecule has 2 aromatic rings. The number of aryl methyl sites for hydroxylation is 1. The molecule has 3 rings (SSSR count). The van der Waals surface area contributed by atoms with Crippen molar-refractivity contribution < 1.29 is 17.9 Å². The molecule has 0 radical (unpaired) electrons. The lowest BCUT2D eigenvalue weighted by Crippen LogP contribution is -2.46. The number of halogens is 1. The highest BCUT2D eigenvalue weighted by Gasteiger charge is 2.31. The minimum absolute atomic E-state index is 0.210. The Hall–Kier alpha value is -2.15. The van der Waals surface area contributed by atoms with Crippen molar-refractivity contribution in [3.05, 3.63) is 70.8 Å². The third-order valence-corrected chi connectivity index (χ3v) is 6.65. The second-order valence-electron chi connectivity index (χ2n) is 7.19. The maximum atomic E-state index is 12.7. The van der Waals surface area contributed by atoms with Crippen molar-refractivity contribution in [3.8, 4) is 0 Å². The summed E-state index contributed by atoms with van der Waals surface area (Å²) in [5.41, 5.74) is 1.81. The molecule has 1 aliphatic carbocycles. The van der Waals surface area contributed by atoms with E-state index in [-0.39, 0.29) is 4.90 Å². The van der Waals surface area contributed by atoms with Gasteiger partial charge in [0.2, 0.25) is 10.0 Å². The van der Waals surface area contributed by atoms with Gasteiger partial charge in [0.25, 0.3) is 0 Å². The number of esters is 1. The molecule has 0 aromatic heterocycles. The van der Waals surface area contributed by atoms with E-state index in [0.717, 1.165) is 24.0 Å². The third kappa shape index (κ3) is 6.16. The standard InChI is InChI=1S/C22H24ClNO4S/c1-16-6-13-19(14-7-16)29(26,27)24-20-4-2-3-5-21(20)28-22(25)15-10-17-8-11-18(23)12-9-17/h6-15,20-21,24H,2-5H2,1H3/b15-10+/t20-,21-/m1/s1. The first-order valence-corrected chi connectivity index (χ1v) is 11.4. The first-order valence-electron chi connectivity index (χ1n) is 9.57. The fourth-order valence-electron chi connectivity index (χ4n) is 3.28. The molecule has 29 heavy (non-hydrogen) atoms. The van der Waals surface area contributed by atoms with Crippen molar-refractivity contribution in [1.29, 1.82) is 0 Å². The van der Waals surface area contributed by atoms with E-state index < -0.39 is 28.1 Å². The summed E-state index contributed by atoms with van der Waals surface area (Å²) in [7, 11) is -3.68. The third-order valence-electron chi connectivity index (χ3n) is 4.89. The Kier molecular flexibility index (Phi) is 7.11. The van der Waals surface area contributed by atoms with Crippen LogP contribution in [-0.4, -0.2) is 26.5 Å². The maximum absolute atomic E-state index is 12.7. The molecule has 0 aliphatic heterocycles. The Bertz CT molecular complexity index is 969. The highest BCUT2D eigenvalue weighted by atomic mass is 35.5. The highest BCUT2D eigenvalue weighted by molar-refractivity contribution is 7.89. The van der Waals surface area contributed by atoms with Crippen LogP contribution < -0.4 is 4.72 Å². The summed E-state index contributed by atoms with van der Waals surface area (Å²) in [6.07, 6.45) is 5.53. The summed E-state index contributed by atoms with van der Waals surface area (Å²) in [5, 5.41) is 0.621. The van der Waals surface area contributed by atoms with Gasteiger partial charge in [-0.25, -0.2) is 17.9 Å². The first-order chi connectivity index (χ1) is 13.8. The molecular formula is C22H24ClNO4S. The Morgan fingerprint density at radius 2 is 1.72 bits per heavy atom. The van der Waals surface area contributed by atoms with Gasteiger partial charge in [-0.05, 0) is 62.1 Å². The van der Waals surface area contributed by atoms with Gasteiger partial charge in [0, 0.05) is 11.1 Å². The molecule has 7 heteroatoms. The van der Waals surface area contributed by atoms with Crippen LogP contribution in [0.2, 0.25) is 5.02 Å². The molecule has 0 heterocycles. The molecule has 0 saturated heterocycles. The lowest BCUT2D eigenvalue weighted by Gasteiger charge is -2.31. The van der Waals surface area contributed by atoms with Crippen LogP contribution in [0.3, 0.4) is 0 Å². The smallest absolute Gasteiger partial charge is 0.331 e. The van der Waals surface area contributed by atoms with Crippen molar-refractivity contribution in [2.45, 2.75) is 49.6 Å². The highest BCUT2D eigenvalue weighted by Crippen LogP contribution is 2.24. The lowest BCUT2D eigenvalue weighted by molar-refractivity contribution is -0.145. The number of sulfonamides is 1. The maximum Gasteiger partial charge on any atom is 0.331 e. The molecule has 0 bridgehead atoms. The average molecular weight is 434 g/mol. The van der Waals surface area contributed by atoms with Gasteiger partial charge in [0.05, 0.1) is 10.9 Å². The van der Waals surface area contributed by atoms with Gasteiger partial charge < -0.3 is 4.74 Å². The van der Waals surface area contributed by atoms with E-state index >= 15 is 0 Å². The number of nitrogens with one attached hydrogen (secondary N) is 1. The van der Waals surface area contributed by atoms with Crippen LogP contribution in [0.25, 0.3) is 6.08 Å². The fourth-order valence-corrected chi connectivity index (χ4v) is 4.71. The van der Waals surface area contributed by atoms with Gasteiger partial charge in [-0.2, -0.15) is 0 Å². The van der Waals surface area contributed by atoms with Crippen LogP contribution in [0.1, 0.15) is 36.8 Å². The van der Waals surface area contributed by atoms with Crippen LogP contribution in [0, 0.1) is 6.92 Å². The minimum atomic E-state index is -3.68. The van der Waals surface area contributed by atoms with E-state index in [1.165, 1.54) is 6.08 Å². The van der Waals surface area contributed by atoms with Crippen molar-refractivity contribution in [1.82, 2.24) is 4.72 Å². The monoisotopic (exact) mass is 433 g/mol. The van der Waals surface area contributed by atoms with E-state index in [0.29, 0.717) is 17.9 Å². The van der Waals surface area contributed by atoms with Crippen LogP contribution in [0.15, 0.2) is 59.5 Å². The second kappa shape index (κ2) is 9.57. The van der Waals surface area contributed by atoms with Gasteiger partial charge in [-0.1, -0.05) is 47.9 Å². The molecule has 1 fully saturated rings. The Balaban J connectivity index is 1.65. The van der Waals surface area contributed by atoms with Crippen LogP contribution in [-0.2, 0) is 19.6 Å². The molecule has 1 saturated carbocycles. The molecule has 1 N–H and O–H groups in total. The Labute approximate surface area is 176 Å². The molecule has 1 aliphatic rings. The number of ether oxygens (including phenoxy) is 1. The van der Waals surface area contributed by atoms with Gasteiger partial charge in [0.1, 0.15) is 6.10 Å². The molecular weight excluding hydrogens is 410 g/mol. The zero-order valence-corrected chi connectivity index (χ0v) is 17.7. The van der Waals surface area contributed by atoms with E-state index in [1.54, 1.807) is 54.6 Å². The summed E-state index contributed by atoms with van der Waals surface area (Å²) >= 11 is 5.85. The topological polar surface area (TPSA) is 72.5 Å². The van der Waals surface area contributed by atoms with Crippen LogP contribution in [0.4, 0.5) is 0 Å². The molecule has 2 atom stereocenters. The first kappa shape index (κ1) is 21.6. The summed E-state index contributed by atoms with van der Waals surface area (Å²) < 4.78 is 33.7. The summed E-state index contributed by atoms with van der Waals surface area (Å²) in [5.74, 6) is -0.494. The molecule has 2 aromatic carbocycles. The van der Waals surface area contributed by atoms with Gasteiger partial charge >= 0.3 is 5.97 Å². The minimum Gasteiger partial charge on any atom is -0.458 e. The summed E-state index contributed by atoms with van der Waals surface area (Å²) in [4.78, 5) is 12.5. The van der Waals surface area contributed by atoms with E-state index in [2.05, 4.69) is 4.72 Å². The Morgan fingerprint density at radius 1 is 1.07 bits per heavy atom. The molecule has 0 amide bonds. The number of hydrogen-bond acceptors (Lipinski definition) is 4. The number of carbonyl (C=O) groups excluding carboxylic acids is 1. The largest absolute Gasteiger partial charge is 0.458 e. The zero-order chi connectivity index (χ0) is 20.9. The van der Waals surface area contributed by atoms with Gasteiger partial charge in [-0.15, -0.1) is 0 Å². The van der Waals surface area contributed by atoms with Gasteiger partial charge in [-0.3, -0.25) is 0 Å². The number of rotatable bonds is 6. The normalized spacial score (nSPS) is 19.9. The molecule has 5 nitrogen and oxygen atoms in total. The van der Waals surface area contributed by atoms with Crippen molar-refractivity contribution >= 4 is 33.7 Å². The van der Waals surface area contributed by atoms with E-state index in [9.17, 15) is 13.2 Å². The molecule has 0 spiro atoms. The van der Waals surface area contributed by atoms with E-state index in [4.69, 9.17) is 16.3 Å². The number of carbonyl (C=O) groups is 1. The molecule has 0 unspecified atom stereocenters. The predicted molar refractivity (Wildman–Crippen MR) is 114 cm³/mol.